The Kier molecular flexibility index (Phi) is 5.97. The highest BCUT2D eigenvalue weighted by Crippen LogP contribution is 2.18. The molecule has 5 nitrogen and oxygen atoms in total. The quantitative estimate of drug-likeness (QED) is 0.517. The molecule has 1 atom stereocenters. The van der Waals surface area contributed by atoms with Crippen LogP contribution in [-0.4, -0.2) is 49.4 Å². The molecule has 0 aromatic carbocycles. The fraction of sp³-hybridized carbons (Fsp3) is 0.833. The number of carbonyl (C=O) groups is 2. The van der Waals surface area contributed by atoms with E-state index in [9.17, 15) is 9.59 Å². The summed E-state index contributed by atoms with van der Waals surface area (Å²) in [6.45, 7) is 4.06. The summed E-state index contributed by atoms with van der Waals surface area (Å²) in [6.07, 6.45) is 3.83. The van der Waals surface area contributed by atoms with Gasteiger partial charge in [0, 0.05) is 26.1 Å². The van der Waals surface area contributed by atoms with Crippen LogP contribution in [0.2, 0.25) is 0 Å². The van der Waals surface area contributed by atoms with Gasteiger partial charge in [-0.3, -0.25) is 14.5 Å². The van der Waals surface area contributed by atoms with E-state index in [0.29, 0.717) is 25.6 Å². The molecular weight excluding hydrogens is 224 g/mol. The summed E-state index contributed by atoms with van der Waals surface area (Å²) in [5.41, 5.74) is 0. The fourth-order valence-corrected chi connectivity index (χ4v) is 2.25. The van der Waals surface area contributed by atoms with Crippen LogP contribution >= 0.6 is 0 Å². The number of nitrogens with zero attached hydrogens (tertiary/aromatic N) is 1. The largest absolute Gasteiger partial charge is 0.359 e. The topological polar surface area (TPSA) is 61.4 Å². The summed E-state index contributed by atoms with van der Waals surface area (Å²) < 4.78 is 0. The normalized spacial score (nSPS) is 20.2. The second-order valence-corrected chi connectivity index (χ2v) is 4.45. The van der Waals surface area contributed by atoms with Crippen molar-refractivity contribution in [2.45, 2.75) is 38.6 Å². The average molecular weight is 247 g/mol. The van der Waals surface area contributed by atoms with E-state index in [1.54, 1.807) is 7.05 Å². The van der Waals surface area contributed by atoms with Crippen molar-refractivity contribution in [2.75, 3.05) is 26.7 Å². The molecule has 1 fully saturated rings. The molecule has 0 aromatic heterocycles. The maximum Gasteiger partial charge on any atom is 0.234 e. The second-order valence-electron chi connectivity index (χ2n) is 4.45. The summed E-state index contributed by atoms with van der Waals surface area (Å²) >= 11 is 0. The first-order valence-corrected chi connectivity index (χ1v) is 6.38. The predicted octanol–water partition coefficient (Wildman–Crippen LogP) is 0.113. The number of likely N-dealkylation sites (tertiary alicyclic amines) is 1. The lowest BCUT2D eigenvalue weighted by molar-refractivity contribution is -0.123. The highest BCUT2D eigenvalue weighted by molar-refractivity contribution is 5.80. The Labute approximate surface area is 103 Å². The minimum atomic E-state index is -0.0436. The first kappa shape index (κ1) is 14.0. The summed E-state index contributed by atoms with van der Waals surface area (Å²) in [5.74, 6) is -0.0211. The monoisotopic (exact) mass is 247 g/mol. The Morgan fingerprint density at radius 3 is 2.76 bits per heavy atom. The van der Waals surface area contributed by atoms with Crippen LogP contribution in [-0.2, 0) is 9.59 Å². The zero-order valence-corrected chi connectivity index (χ0v) is 10.8. The van der Waals surface area contributed by atoms with E-state index in [0.717, 1.165) is 13.0 Å². The van der Waals surface area contributed by atoms with Crippen molar-refractivity contribution in [3.05, 3.63) is 0 Å². The Hall–Kier alpha value is -1.10. The van der Waals surface area contributed by atoms with Crippen molar-refractivity contribution in [2.24, 2.45) is 0 Å². The van der Waals surface area contributed by atoms with Crippen molar-refractivity contribution in [3.63, 3.8) is 0 Å². The summed E-state index contributed by atoms with van der Waals surface area (Å²) in [5, 5.41) is 5.31. The molecule has 1 aliphatic heterocycles. The number of carbonyl (C=O) groups excluding carboxylic acids is 2. The molecule has 0 saturated carbocycles. The highest BCUT2D eigenvalue weighted by Gasteiger charge is 2.24. The van der Waals surface area contributed by atoms with Crippen LogP contribution in [0, 0.1) is 0 Å². The van der Waals surface area contributed by atoms with Crippen molar-refractivity contribution in [3.8, 4) is 0 Å². The summed E-state index contributed by atoms with van der Waals surface area (Å²) in [7, 11) is 1.60. The average Bonchev–Trinajstić information content (AvgIpc) is 2.76. The maximum absolute atomic E-state index is 11.6. The van der Waals surface area contributed by atoms with Crippen LogP contribution < -0.4 is 10.6 Å². The van der Waals surface area contributed by atoms with E-state index in [-0.39, 0.29) is 11.8 Å². The lowest BCUT2D eigenvalue weighted by Gasteiger charge is -2.22. The molecule has 1 rings (SSSR count). The highest BCUT2D eigenvalue weighted by atomic mass is 16.2. The smallest absolute Gasteiger partial charge is 0.234 e. The Bertz CT molecular complexity index is 268. The van der Waals surface area contributed by atoms with Crippen molar-refractivity contribution in [1.82, 2.24) is 15.5 Å². The SMILES string of the molecule is [13CH3]CC1CCC[15N]1[13CH2][13C](=O)NCCC(=O)[15NH][13CH3]. The van der Waals surface area contributed by atoms with Gasteiger partial charge in [-0.05, 0) is 25.8 Å². The summed E-state index contributed by atoms with van der Waals surface area (Å²) in [6, 6.07) is 0.555. The zero-order valence-electron chi connectivity index (χ0n) is 10.8. The van der Waals surface area contributed by atoms with Gasteiger partial charge in [-0.1, -0.05) is 6.92 Å². The minimum Gasteiger partial charge on any atom is -0.359 e. The predicted molar refractivity (Wildman–Crippen MR) is 66.6 cm³/mol. The molecule has 0 spiro atoms. The third kappa shape index (κ3) is 4.73. The molecule has 98 valence electrons. The summed E-state index contributed by atoms with van der Waals surface area (Å²) in [4.78, 5) is 24.8. The van der Waals surface area contributed by atoms with Gasteiger partial charge in [0.05, 0.1) is 6.54 Å². The van der Waals surface area contributed by atoms with Gasteiger partial charge >= 0.3 is 0 Å². The molecule has 0 radical (unpaired) electrons. The van der Waals surface area contributed by atoms with Gasteiger partial charge in [0.1, 0.15) is 0 Å². The van der Waals surface area contributed by atoms with Gasteiger partial charge in [0.2, 0.25) is 11.8 Å². The van der Waals surface area contributed by atoms with E-state index < -0.39 is 0 Å². The molecule has 17 heavy (non-hydrogen) atoms. The minimum absolute atomic E-state index is 0.0225. The Morgan fingerprint density at radius 2 is 2.12 bits per heavy atom. The molecule has 1 unspecified atom stereocenters. The number of hydrogen-bond donors (Lipinski definition) is 2. The van der Waals surface area contributed by atoms with Crippen LogP contribution in [0.5, 0.6) is 0 Å². The molecule has 2 amide bonds. The number of hydrogen-bond acceptors (Lipinski definition) is 3. The van der Waals surface area contributed by atoms with Crippen LogP contribution in [0.3, 0.4) is 0 Å². The molecule has 0 aliphatic carbocycles. The van der Waals surface area contributed by atoms with Gasteiger partial charge < -0.3 is 10.6 Å². The first-order valence-electron chi connectivity index (χ1n) is 6.38. The molecule has 2 N–H and O–H groups in total. The number of nitrogens with one attached hydrogen (secondary N) is 2. The Morgan fingerprint density at radius 1 is 1.35 bits per heavy atom. The molecule has 1 saturated heterocycles. The van der Waals surface area contributed by atoms with Gasteiger partial charge in [0.25, 0.3) is 0 Å². The zero-order chi connectivity index (χ0) is 12.7. The maximum atomic E-state index is 11.6. The van der Waals surface area contributed by atoms with E-state index in [1.165, 1.54) is 12.8 Å². The van der Waals surface area contributed by atoms with Gasteiger partial charge in [0.15, 0.2) is 0 Å². The molecule has 0 aromatic rings. The van der Waals surface area contributed by atoms with Gasteiger partial charge in [-0.2, -0.15) is 0 Å². The van der Waals surface area contributed by atoms with E-state index >= 15 is 0 Å². The van der Waals surface area contributed by atoms with Crippen molar-refractivity contribution < 1.29 is 9.59 Å². The van der Waals surface area contributed by atoms with Gasteiger partial charge in [-0.15, -0.1) is 0 Å². The standard InChI is InChI=1S/C12H23N3O2/c1-3-10-5-4-8-15(10)9-12(17)14-7-6-11(16)13-2/h10H,3-9H2,1-2H3,(H,13,16)(H,14,17)/i1+1,2+1,9+1,12+1,13+1,15+1. The van der Waals surface area contributed by atoms with E-state index in [1.807, 2.05) is 0 Å². The van der Waals surface area contributed by atoms with Crippen molar-refractivity contribution >= 4 is 11.8 Å². The van der Waals surface area contributed by atoms with Gasteiger partial charge in [-0.25, -0.2) is 0 Å². The van der Waals surface area contributed by atoms with E-state index in [4.69, 9.17) is 0 Å². The molecular formula is C12H23N3O2. The van der Waals surface area contributed by atoms with Crippen LogP contribution in [0.4, 0.5) is 0 Å². The molecule has 1 aliphatic rings. The number of rotatable bonds is 6. The fourth-order valence-electron chi connectivity index (χ4n) is 2.25. The Balaban J connectivity index is 2.18. The van der Waals surface area contributed by atoms with Crippen molar-refractivity contribution in [1.29, 1.82) is 0 Å². The first-order chi connectivity index (χ1) is 8.17. The molecule has 1 heterocycles. The third-order valence-corrected chi connectivity index (χ3v) is 3.27. The second kappa shape index (κ2) is 7.27. The lowest BCUT2D eigenvalue weighted by atomic mass is 10.2. The lowest BCUT2D eigenvalue weighted by Crippen LogP contribution is -2.40. The van der Waals surface area contributed by atoms with Crippen LogP contribution in [0.1, 0.15) is 32.6 Å². The van der Waals surface area contributed by atoms with Crippen LogP contribution in [0.25, 0.3) is 0 Å². The number of amides is 2. The third-order valence-electron chi connectivity index (χ3n) is 3.27. The van der Waals surface area contributed by atoms with Crippen LogP contribution in [0.15, 0.2) is 0 Å². The molecule has 0 bridgehead atoms. The molecule has 5 heteroatoms. The van der Waals surface area contributed by atoms with E-state index in [2.05, 4.69) is 22.5 Å².